The Bertz CT molecular complexity index is 472. The van der Waals surface area contributed by atoms with Crippen LogP contribution in [-0.2, 0) is 0 Å². The van der Waals surface area contributed by atoms with Crippen LogP contribution in [0, 0.1) is 5.92 Å². The molecule has 2 nitrogen and oxygen atoms in total. The molecule has 2 atom stereocenters. The van der Waals surface area contributed by atoms with E-state index in [2.05, 4.69) is 40.9 Å². The van der Waals surface area contributed by atoms with Gasteiger partial charge in [-0.1, -0.05) is 19.8 Å². The largest absolute Gasteiger partial charge is 0.370 e. The van der Waals surface area contributed by atoms with Gasteiger partial charge in [-0.2, -0.15) is 0 Å². The summed E-state index contributed by atoms with van der Waals surface area (Å²) in [4.78, 5) is 13.8. The van der Waals surface area contributed by atoms with Gasteiger partial charge in [0, 0.05) is 23.1 Å². The summed E-state index contributed by atoms with van der Waals surface area (Å²) < 4.78 is 1.01. The highest BCUT2D eigenvalue weighted by molar-refractivity contribution is 9.10. The number of hydrogen-bond donors (Lipinski definition) is 0. The molecule has 2 rings (SSSR count). The van der Waals surface area contributed by atoms with E-state index in [1.807, 2.05) is 12.1 Å². The van der Waals surface area contributed by atoms with Crippen LogP contribution < -0.4 is 4.90 Å². The van der Waals surface area contributed by atoms with E-state index in [0.717, 1.165) is 16.0 Å². The molecule has 0 spiro atoms. The second-order valence-corrected chi connectivity index (χ2v) is 6.52. The summed E-state index contributed by atoms with van der Waals surface area (Å²) >= 11 is 3.61. The van der Waals surface area contributed by atoms with Crippen LogP contribution in [0.5, 0.6) is 0 Å². The molecule has 1 saturated carbocycles. The fourth-order valence-electron chi connectivity index (χ4n) is 3.06. The quantitative estimate of drug-likeness (QED) is 0.753. The van der Waals surface area contributed by atoms with E-state index >= 15 is 0 Å². The second-order valence-electron chi connectivity index (χ2n) is 5.66. The molecule has 0 N–H and O–H groups in total. The van der Waals surface area contributed by atoms with Gasteiger partial charge in [0.15, 0.2) is 5.78 Å². The third kappa shape index (κ3) is 3.19. The standard InChI is InChI=1S/C16H22BrNO/c1-11-6-4-5-7-15(11)18(3)16-9-8-13(12(2)19)10-14(16)17/h8-11,15H,4-7H2,1-3H3. The van der Waals surface area contributed by atoms with Gasteiger partial charge < -0.3 is 4.90 Å². The molecule has 1 aromatic rings. The average Bonchev–Trinajstić information content (AvgIpc) is 2.38. The number of carbonyl (C=O) groups is 1. The number of rotatable bonds is 3. The minimum Gasteiger partial charge on any atom is -0.370 e. The molecule has 0 saturated heterocycles. The Kier molecular flexibility index (Phi) is 4.67. The van der Waals surface area contributed by atoms with Gasteiger partial charge in [0.2, 0.25) is 0 Å². The zero-order valence-electron chi connectivity index (χ0n) is 11.9. The number of ketones is 1. The number of carbonyl (C=O) groups excluding carboxylic acids is 1. The number of Topliss-reactive ketones (excluding diaryl/α,β-unsaturated/α-hetero) is 1. The van der Waals surface area contributed by atoms with E-state index in [-0.39, 0.29) is 5.78 Å². The molecule has 2 unspecified atom stereocenters. The maximum atomic E-state index is 11.4. The number of anilines is 1. The summed E-state index contributed by atoms with van der Waals surface area (Å²) in [6, 6.07) is 6.52. The van der Waals surface area contributed by atoms with E-state index in [1.54, 1.807) is 6.92 Å². The van der Waals surface area contributed by atoms with Crippen molar-refractivity contribution in [1.82, 2.24) is 0 Å². The Morgan fingerprint density at radius 2 is 2.00 bits per heavy atom. The van der Waals surface area contributed by atoms with Crippen molar-refractivity contribution in [3.05, 3.63) is 28.2 Å². The molecule has 0 aliphatic heterocycles. The van der Waals surface area contributed by atoms with Crippen molar-refractivity contribution in [2.75, 3.05) is 11.9 Å². The Morgan fingerprint density at radius 3 is 2.58 bits per heavy atom. The van der Waals surface area contributed by atoms with Crippen LogP contribution in [0.4, 0.5) is 5.69 Å². The Morgan fingerprint density at radius 1 is 1.32 bits per heavy atom. The maximum absolute atomic E-state index is 11.4. The van der Waals surface area contributed by atoms with Crippen molar-refractivity contribution in [2.24, 2.45) is 5.92 Å². The topological polar surface area (TPSA) is 20.3 Å². The molecule has 1 aromatic carbocycles. The third-order valence-corrected chi connectivity index (χ3v) is 4.93. The van der Waals surface area contributed by atoms with E-state index < -0.39 is 0 Å². The molecule has 1 aliphatic carbocycles. The zero-order chi connectivity index (χ0) is 14.0. The first-order valence-electron chi connectivity index (χ1n) is 7.04. The minimum atomic E-state index is 0.112. The predicted molar refractivity (Wildman–Crippen MR) is 84.0 cm³/mol. The number of benzene rings is 1. The van der Waals surface area contributed by atoms with Crippen LogP contribution in [0.15, 0.2) is 22.7 Å². The highest BCUT2D eigenvalue weighted by atomic mass is 79.9. The van der Waals surface area contributed by atoms with E-state index in [1.165, 1.54) is 31.4 Å². The fraction of sp³-hybridized carbons (Fsp3) is 0.562. The molecule has 0 bridgehead atoms. The van der Waals surface area contributed by atoms with Crippen LogP contribution in [0.2, 0.25) is 0 Å². The molecule has 19 heavy (non-hydrogen) atoms. The van der Waals surface area contributed by atoms with Crippen molar-refractivity contribution in [2.45, 2.75) is 45.6 Å². The Hall–Kier alpha value is -0.830. The molecular weight excluding hydrogens is 302 g/mol. The fourth-order valence-corrected chi connectivity index (χ4v) is 3.72. The summed E-state index contributed by atoms with van der Waals surface area (Å²) in [5, 5.41) is 0. The second kappa shape index (κ2) is 6.08. The van der Waals surface area contributed by atoms with Gasteiger partial charge in [-0.15, -0.1) is 0 Å². The lowest BCUT2D eigenvalue weighted by atomic mass is 9.85. The van der Waals surface area contributed by atoms with Crippen LogP contribution in [0.3, 0.4) is 0 Å². The first kappa shape index (κ1) is 14.6. The summed E-state index contributed by atoms with van der Waals surface area (Å²) in [6.45, 7) is 3.95. The summed E-state index contributed by atoms with van der Waals surface area (Å²) in [7, 11) is 2.17. The van der Waals surface area contributed by atoms with Crippen molar-refractivity contribution >= 4 is 27.4 Å². The molecule has 1 aliphatic rings. The number of nitrogens with zero attached hydrogens (tertiary/aromatic N) is 1. The lowest BCUT2D eigenvalue weighted by Crippen LogP contribution is -2.39. The van der Waals surface area contributed by atoms with Crippen molar-refractivity contribution in [3.63, 3.8) is 0 Å². The monoisotopic (exact) mass is 323 g/mol. The highest BCUT2D eigenvalue weighted by Gasteiger charge is 2.26. The minimum absolute atomic E-state index is 0.112. The summed E-state index contributed by atoms with van der Waals surface area (Å²) in [6.07, 6.45) is 5.26. The lowest BCUT2D eigenvalue weighted by molar-refractivity contribution is 0.101. The average molecular weight is 324 g/mol. The summed E-state index contributed by atoms with van der Waals surface area (Å²) in [5.41, 5.74) is 1.95. The van der Waals surface area contributed by atoms with Gasteiger partial charge in [0.25, 0.3) is 0 Å². The molecule has 0 aromatic heterocycles. The van der Waals surface area contributed by atoms with Crippen LogP contribution >= 0.6 is 15.9 Å². The Balaban J connectivity index is 2.23. The summed E-state index contributed by atoms with van der Waals surface area (Å²) in [5.74, 6) is 0.846. The molecule has 0 heterocycles. The number of hydrogen-bond acceptors (Lipinski definition) is 2. The van der Waals surface area contributed by atoms with Gasteiger partial charge in [-0.05, 0) is 59.8 Å². The van der Waals surface area contributed by atoms with Gasteiger partial charge in [0.05, 0.1) is 5.69 Å². The molecule has 3 heteroatoms. The van der Waals surface area contributed by atoms with E-state index in [9.17, 15) is 4.79 Å². The lowest BCUT2D eigenvalue weighted by Gasteiger charge is -2.38. The molecule has 0 amide bonds. The molecule has 1 fully saturated rings. The SMILES string of the molecule is CC(=O)c1ccc(N(C)C2CCCCC2C)c(Br)c1. The smallest absolute Gasteiger partial charge is 0.159 e. The zero-order valence-corrected chi connectivity index (χ0v) is 13.5. The van der Waals surface area contributed by atoms with Crippen LogP contribution in [-0.4, -0.2) is 18.9 Å². The highest BCUT2D eigenvalue weighted by Crippen LogP contribution is 2.34. The van der Waals surface area contributed by atoms with Gasteiger partial charge in [-0.3, -0.25) is 4.79 Å². The van der Waals surface area contributed by atoms with Crippen LogP contribution in [0.1, 0.15) is 49.9 Å². The first-order chi connectivity index (χ1) is 9.00. The molecular formula is C16H22BrNO. The normalized spacial score (nSPS) is 23.2. The van der Waals surface area contributed by atoms with E-state index in [4.69, 9.17) is 0 Å². The van der Waals surface area contributed by atoms with Gasteiger partial charge in [-0.25, -0.2) is 0 Å². The maximum Gasteiger partial charge on any atom is 0.159 e. The first-order valence-corrected chi connectivity index (χ1v) is 7.83. The van der Waals surface area contributed by atoms with Crippen LogP contribution in [0.25, 0.3) is 0 Å². The van der Waals surface area contributed by atoms with Crippen molar-refractivity contribution in [3.8, 4) is 0 Å². The van der Waals surface area contributed by atoms with Gasteiger partial charge in [0.1, 0.15) is 0 Å². The van der Waals surface area contributed by atoms with Gasteiger partial charge >= 0.3 is 0 Å². The Labute approximate surface area is 124 Å². The third-order valence-electron chi connectivity index (χ3n) is 4.30. The van der Waals surface area contributed by atoms with E-state index in [0.29, 0.717) is 6.04 Å². The predicted octanol–water partition coefficient (Wildman–Crippen LogP) is 4.67. The number of halogens is 1. The van der Waals surface area contributed by atoms with Crippen molar-refractivity contribution in [1.29, 1.82) is 0 Å². The molecule has 104 valence electrons. The molecule has 0 radical (unpaired) electrons. The van der Waals surface area contributed by atoms with Crippen molar-refractivity contribution < 1.29 is 4.79 Å².